The highest BCUT2D eigenvalue weighted by molar-refractivity contribution is 7.98. The van der Waals surface area contributed by atoms with Gasteiger partial charge in [0.25, 0.3) is 0 Å². The van der Waals surface area contributed by atoms with E-state index in [1.54, 1.807) is 6.26 Å². The SMILES string of the molecule is CSCC[C@H](NS(=O)(=O)c1cc(F)ccc1C)C(=O)O. The van der Waals surface area contributed by atoms with Crippen LogP contribution in [-0.4, -0.2) is 37.5 Å². The van der Waals surface area contributed by atoms with Crippen molar-refractivity contribution in [3.63, 3.8) is 0 Å². The number of hydrogen-bond donors (Lipinski definition) is 2. The van der Waals surface area contributed by atoms with Crippen molar-refractivity contribution in [3.8, 4) is 0 Å². The number of carbonyl (C=O) groups is 1. The molecule has 1 aromatic carbocycles. The second-order valence-electron chi connectivity index (χ2n) is 4.20. The first-order chi connectivity index (χ1) is 9.27. The van der Waals surface area contributed by atoms with Crippen LogP contribution in [0.5, 0.6) is 0 Å². The Labute approximate surface area is 121 Å². The third-order valence-electron chi connectivity index (χ3n) is 2.65. The maximum absolute atomic E-state index is 13.2. The van der Waals surface area contributed by atoms with E-state index in [2.05, 4.69) is 4.72 Å². The number of halogens is 1. The molecular weight excluding hydrogens is 305 g/mol. The molecule has 112 valence electrons. The van der Waals surface area contributed by atoms with Gasteiger partial charge in [-0.1, -0.05) is 6.07 Å². The fraction of sp³-hybridized carbons (Fsp3) is 0.417. The van der Waals surface area contributed by atoms with E-state index < -0.39 is 27.9 Å². The smallest absolute Gasteiger partial charge is 0.321 e. The Morgan fingerprint density at radius 3 is 2.70 bits per heavy atom. The predicted molar refractivity (Wildman–Crippen MR) is 75.9 cm³/mol. The van der Waals surface area contributed by atoms with Gasteiger partial charge >= 0.3 is 5.97 Å². The van der Waals surface area contributed by atoms with E-state index in [9.17, 15) is 17.6 Å². The molecule has 0 saturated heterocycles. The quantitative estimate of drug-likeness (QED) is 0.797. The van der Waals surface area contributed by atoms with Gasteiger partial charge in [0.05, 0.1) is 4.90 Å². The first-order valence-corrected chi connectivity index (χ1v) is 8.66. The van der Waals surface area contributed by atoms with Gasteiger partial charge in [0.15, 0.2) is 0 Å². The molecule has 0 fully saturated rings. The monoisotopic (exact) mass is 321 g/mol. The molecule has 2 N–H and O–H groups in total. The maximum atomic E-state index is 13.2. The van der Waals surface area contributed by atoms with E-state index in [-0.39, 0.29) is 11.3 Å². The lowest BCUT2D eigenvalue weighted by Crippen LogP contribution is -2.41. The Bertz CT molecular complexity index is 589. The average molecular weight is 321 g/mol. The molecule has 0 aliphatic rings. The molecule has 1 aromatic rings. The molecule has 0 heterocycles. The highest BCUT2D eigenvalue weighted by Gasteiger charge is 2.26. The summed E-state index contributed by atoms with van der Waals surface area (Å²) in [5.74, 6) is -1.44. The summed E-state index contributed by atoms with van der Waals surface area (Å²) >= 11 is 1.42. The summed E-state index contributed by atoms with van der Waals surface area (Å²) in [7, 11) is -4.07. The fourth-order valence-corrected chi connectivity index (χ4v) is 3.53. The van der Waals surface area contributed by atoms with E-state index in [1.807, 2.05) is 0 Å². The summed E-state index contributed by atoms with van der Waals surface area (Å²) in [6.07, 6.45) is 1.95. The summed E-state index contributed by atoms with van der Waals surface area (Å²) in [5.41, 5.74) is 0.355. The van der Waals surface area contributed by atoms with Crippen molar-refractivity contribution in [1.82, 2.24) is 4.72 Å². The third-order valence-corrected chi connectivity index (χ3v) is 4.90. The Balaban J connectivity index is 3.03. The van der Waals surface area contributed by atoms with Gasteiger partial charge in [0, 0.05) is 0 Å². The maximum Gasteiger partial charge on any atom is 0.321 e. The molecule has 0 aliphatic carbocycles. The van der Waals surface area contributed by atoms with Crippen LogP contribution in [-0.2, 0) is 14.8 Å². The van der Waals surface area contributed by atoms with Gasteiger partial charge in [-0.25, -0.2) is 12.8 Å². The van der Waals surface area contributed by atoms with Gasteiger partial charge < -0.3 is 5.11 Å². The zero-order chi connectivity index (χ0) is 15.3. The Morgan fingerprint density at radius 2 is 2.15 bits per heavy atom. The Hall–Kier alpha value is -1.12. The van der Waals surface area contributed by atoms with Crippen molar-refractivity contribution >= 4 is 27.8 Å². The van der Waals surface area contributed by atoms with Gasteiger partial charge in [0.1, 0.15) is 11.9 Å². The second kappa shape index (κ2) is 7.05. The zero-order valence-electron chi connectivity index (χ0n) is 11.1. The number of benzene rings is 1. The topological polar surface area (TPSA) is 83.5 Å². The van der Waals surface area contributed by atoms with Gasteiger partial charge in [-0.2, -0.15) is 16.5 Å². The van der Waals surface area contributed by atoms with Crippen LogP contribution in [0.15, 0.2) is 23.1 Å². The van der Waals surface area contributed by atoms with Gasteiger partial charge in [-0.3, -0.25) is 4.79 Å². The molecule has 0 aliphatic heterocycles. The summed E-state index contributed by atoms with van der Waals surface area (Å²) in [5, 5.41) is 9.02. The molecule has 0 amide bonds. The predicted octanol–water partition coefficient (Wildman–Crippen LogP) is 1.62. The molecule has 1 atom stereocenters. The fourth-order valence-electron chi connectivity index (χ4n) is 1.58. The van der Waals surface area contributed by atoms with Crippen molar-refractivity contribution in [2.24, 2.45) is 0 Å². The lowest BCUT2D eigenvalue weighted by atomic mass is 10.2. The van der Waals surface area contributed by atoms with Crippen molar-refractivity contribution in [2.75, 3.05) is 12.0 Å². The van der Waals surface area contributed by atoms with E-state index in [1.165, 1.54) is 24.8 Å². The van der Waals surface area contributed by atoms with E-state index in [0.29, 0.717) is 11.3 Å². The second-order valence-corrected chi connectivity index (χ2v) is 6.87. The highest BCUT2D eigenvalue weighted by Crippen LogP contribution is 2.17. The summed E-state index contributed by atoms with van der Waals surface area (Å²) in [6.45, 7) is 1.52. The number of hydrogen-bond acceptors (Lipinski definition) is 4. The largest absolute Gasteiger partial charge is 0.480 e. The molecule has 1 rings (SSSR count). The number of sulfonamides is 1. The van der Waals surface area contributed by atoms with E-state index in [4.69, 9.17) is 5.11 Å². The van der Waals surface area contributed by atoms with E-state index >= 15 is 0 Å². The Morgan fingerprint density at radius 1 is 1.50 bits per heavy atom. The molecule has 0 spiro atoms. The molecule has 20 heavy (non-hydrogen) atoms. The summed E-state index contributed by atoms with van der Waals surface area (Å²) in [4.78, 5) is 10.8. The number of carboxylic acids is 1. The third kappa shape index (κ3) is 4.46. The molecule has 8 heteroatoms. The standard InChI is InChI=1S/C12H16FNO4S2/c1-8-3-4-9(13)7-11(8)20(17,18)14-10(12(15)16)5-6-19-2/h3-4,7,10,14H,5-6H2,1-2H3,(H,15,16)/t10-/m0/s1. The minimum Gasteiger partial charge on any atom is -0.480 e. The van der Waals surface area contributed by atoms with Gasteiger partial charge in [-0.05, 0) is 43.0 Å². The molecule has 0 saturated carbocycles. The first kappa shape index (κ1) is 16.9. The van der Waals surface area contributed by atoms with Crippen molar-refractivity contribution in [3.05, 3.63) is 29.6 Å². The summed E-state index contributed by atoms with van der Waals surface area (Å²) in [6, 6.07) is 2.14. The summed E-state index contributed by atoms with van der Waals surface area (Å²) < 4.78 is 39.5. The zero-order valence-corrected chi connectivity index (χ0v) is 12.7. The van der Waals surface area contributed by atoms with Crippen LogP contribution < -0.4 is 4.72 Å². The molecule has 0 bridgehead atoms. The average Bonchev–Trinajstić information content (AvgIpc) is 2.36. The number of thioether (sulfide) groups is 1. The van der Waals surface area contributed by atoms with E-state index in [0.717, 1.165) is 12.1 Å². The Kier molecular flexibility index (Phi) is 5.97. The van der Waals surface area contributed by atoms with Crippen LogP contribution in [0.4, 0.5) is 4.39 Å². The van der Waals surface area contributed by atoms with Crippen LogP contribution in [0.1, 0.15) is 12.0 Å². The number of rotatable bonds is 7. The molecule has 5 nitrogen and oxygen atoms in total. The van der Waals surface area contributed by atoms with Crippen LogP contribution >= 0.6 is 11.8 Å². The molecular formula is C12H16FNO4S2. The molecule has 0 aromatic heterocycles. The molecule has 0 unspecified atom stereocenters. The van der Waals surface area contributed by atoms with Crippen LogP contribution in [0.2, 0.25) is 0 Å². The van der Waals surface area contributed by atoms with Crippen LogP contribution in [0, 0.1) is 12.7 Å². The van der Waals surface area contributed by atoms with Crippen LogP contribution in [0.3, 0.4) is 0 Å². The lowest BCUT2D eigenvalue weighted by molar-refractivity contribution is -0.139. The van der Waals surface area contributed by atoms with Gasteiger partial charge in [0.2, 0.25) is 10.0 Å². The number of carboxylic acid groups (broad SMARTS) is 1. The lowest BCUT2D eigenvalue weighted by Gasteiger charge is -2.15. The minimum atomic E-state index is -4.07. The number of aryl methyl sites for hydroxylation is 1. The van der Waals surface area contributed by atoms with Crippen molar-refractivity contribution in [1.29, 1.82) is 0 Å². The number of nitrogens with one attached hydrogen (secondary N) is 1. The normalized spacial score (nSPS) is 13.2. The van der Waals surface area contributed by atoms with Gasteiger partial charge in [-0.15, -0.1) is 0 Å². The van der Waals surface area contributed by atoms with Crippen molar-refractivity contribution < 1.29 is 22.7 Å². The van der Waals surface area contributed by atoms with Crippen LogP contribution in [0.25, 0.3) is 0 Å². The first-order valence-electron chi connectivity index (χ1n) is 5.78. The minimum absolute atomic E-state index is 0.157. The number of aliphatic carboxylic acids is 1. The van der Waals surface area contributed by atoms with Crippen molar-refractivity contribution in [2.45, 2.75) is 24.3 Å². The highest BCUT2D eigenvalue weighted by atomic mass is 32.2. The molecule has 0 radical (unpaired) electrons.